The topological polar surface area (TPSA) is 12.0 Å². The van der Waals surface area contributed by atoms with Crippen LogP contribution in [0.5, 0.6) is 0 Å². The van der Waals surface area contributed by atoms with Crippen LogP contribution < -0.4 is 5.32 Å². The maximum absolute atomic E-state index is 6.25. The van der Waals surface area contributed by atoms with Crippen LogP contribution in [0.3, 0.4) is 0 Å². The molecule has 1 unspecified atom stereocenters. The van der Waals surface area contributed by atoms with Crippen molar-refractivity contribution in [3.05, 3.63) is 68.7 Å². The minimum Gasteiger partial charge on any atom is -0.307 e. The zero-order chi connectivity index (χ0) is 14.7. The fourth-order valence-electron chi connectivity index (χ4n) is 2.35. The van der Waals surface area contributed by atoms with E-state index in [0.717, 1.165) is 38.8 Å². The molecule has 0 aromatic heterocycles. The van der Waals surface area contributed by atoms with Crippen LogP contribution in [0, 0.1) is 13.8 Å². The van der Waals surface area contributed by atoms with Crippen LogP contribution in [0.2, 0.25) is 10.0 Å². The molecule has 2 rings (SSSR count). The molecule has 3 heteroatoms. The molecule has 0 radical (unpaired) electrons. The molecular weight excluding hydrogens is 289 g/mol. The average molecular weight is 308 g/mol. The zero-order valence-electron chi connectivity index (χ0n) is 12.0. The van der Waals surface area contributed by atoms with Gasteiger partial charge in [-0.2, -0.15) is 0 Å². The number of hydrogen-bond donors (Lipinski definition) is 1. The lowest BCUT2D eigenvalue weighted by Gasteiger charge is -2.20. The van der Waals surface area contributed by atoms with Gasteiger partial charge in [-0.05, 0) is 60.8 Å². The van der Waals surface area contributed by atoms with Crippen molar-refractivity contribution >= 4 is 23.2 Å². The Morgan fingerprint density at radius 1 is 1.00 bits per heavy atom. The first kappa shape index (κ1) is 15.4. The molecule has 2 aromatic rings. The van der Waals surface area contributed by atoms with Gasteiger partial charge in [-0.3, -0.25) is 0 Å². The molecule has 1 atom stereocenters. The van der Waals surface area contributed by atoms with Crippen molar-refractivity contribution in [1.82, 2.24) is 5.32 Å². The van der Waals surface area contributed by atoms with E-state index in [4.69, 9.17) is 23.2 Å². The van der Waals surface area contributed by atoms with Crippen molar-refractivity contribution in [2.45, 2.75) is 26.8 Å². The van der Waals surface area contributed by atoms with Crippen molar-refractivity contribution < 1.29 is 0 Å². The molecule has 106 valence electrons. The number of halogens is 2. The highest BCUT2D eigenvalue weighted by Gasteiger charge is 2.14. The summed E-state index contributed by atoms with van der Waals surface area (Å²) < 4.78 is 0. The van der Waals surface area contributed by atoms with E-state index in [0.29, 0.717) is 0 Å². The third kappa shape index (κ3) is 3.54. The summed E-state index contributed by atoms with van der Waals surface area (Å²) in [7, 11) is 0. The van der Waals surface area contributed by atoms with E-state index in [1.54, 1.807) is 0 Å². The molecule has 0 saturated heterocycles. The van der Waals surface area contributed by atoms with Gasteiger partial charge in [0.1, 0.15) is 0 Å². The maximum atomic E-state index is 6.25. The van der Waals surface area contributed by atoms with E-state index < -0.39 is 0 Å². The smallest absolute Gasteiger partial charge is 0.0577 e. The van der Waals surface area contributed by atoms with Gasteiger partial charge in [-0.15, -0.1) is 0 Å². The quantitative estimate of drug-likeness (QED) is 0.807. The Morgan fingerprint density at radius 3 is 2.35 bits per heavy atom. The Kier molecular flexibility index (Phi) is 5.09. The highest BCUT2D eigenvalue weighted by molar-refractivity contribution is 6.31. The second-order valence-electron chi connectivity index (χ2n) is 5.06. The van der Waals surface area contributed by atoms with Crippen LogP contribution in [0.1, 0.15) is 35.2 Å². The number of aryl methyl sites for hydroxylation is 2. The number of nitrogens with one attached hydrogen (secondary N) is 1. The highest BCUT2D eigenvalue weighted by atomic mass is 35.5. The van der Waals surface area contributed by atoms with Crippen molar-refractivity contribution in [3.8, 4) is 0 Å². The van der Waals surface area contributed by atoms with Gasteiger partial charge >= 0.3 is 0 Å². The SMILES string of the molecule is CCNC(c1cc(C)cc(Cl)c1)c1ccc(C)c(Cl)c1. The Hall–Kier alpha value is -1.02. The lowest BCUT2D eigenvalue weighted by molar-refractivity contribution is 0.630. The minimum absolute atomic E-state index is 0.107. The van der Waals surface area contributed by atoms with E-state index in [1.165, 1.54) is 0 Å². The molecule has 0 bridgehead atoms. The molecule has 0 aliphatic heterocycles. The van der Waals surface area contributed by atoms with Gasteiger partial charge < -0.3 is 5.32 Å². The van der Waals surface area contributed by atoms with Crippen molar-refractivity contribution in [1.29, 1.82) is 0 Å². The first-order valence-corrected chi connectivity index (χ1v) is 7.53. The number of hydrogen-bond acceptors (Lipinski definition) is 1. The number of benzene rings is 2. The summed E-state index contributed by atoms with van der Waals surface area (Å²) in [5.41, 5.74) is 4.57. The first-order chi connectivity index (χ1) is 9.51. The van der Waals surface area contributed by atoms with Gasteiger partial charge in [0.05, 0.1) is 6.04 Å². The van der Waals surface area contributed by atoms with E-state index >= 15 is 0 Å². The first-order valence-electron chi connectivity index (χ1n) is 6.77. The molecule has 0 fully saturated rings. The summed E-state index contributed by atoms with van der Waals surface area (Å²) in [5.74, 6) is 0. The standard InChI is InChI=1S/C17H19Cl2N/c1-4-20-17(13-6-5-12(3)16(19)10-13)14-7-11(2)8-15(18)9-14/h5-10,17,20H,4H2,1-3H3. The van der Waals surface area contributed by atoms with Crippen molar-refractivity contribution in [2.24, 2.45) is 0 Å². The highest BCUT2D eigenvalue weighted by Crippen LogP contribution is 2.28. The molecule has 1 nitrogen and oxygen atoms in total. The monoisotopic (exact) mass is 307 g/mol. The van der Waals surface area contributed by atoms with Crippen LogP contribution >= 0.6 is 23.2 Å². The van der Waals surface area contributed by atoms with Crippen LogP contribution in [0.15, 0.2) is 36.4 Å². The molecule has 0 heterocycles. The van der Waals surface area contributed by atoms with E-state index in [-0.39, 0.29) is 6.04 Å². The molecule has 0 spiro atoms. The molecule has 20 heavy (non-hydrogen) atoms. The van der Waals surface area contributed by atoms with Crippen LogP contribution in [-0.2, 0) is 0 Å². The third-order valence-electron chi connectivity index (χ3n) is 3.34. The zero-order valence-corrected chi connectivity index (χ0v) is 13.5. The van der Waals surface area contributed by atoms with Crippen LogP contribution in [0.4, 0.5) is 0 Å². The fourth-order valence-corrected chi connectivity index (χ4v) is 2.84. The van der Waals surface area contributed by atoms with Crippen LogP contribution in [-0.4, -0.2) is 6.54 Å². The normalized spacial score (nSPS) is 12.4. The predicted octanol–water partition coefficient (Wildman–Crippen LogP) is 5.31. The van der Waals surface area contributed by atoms with Crippen molar-refractivity contribution in [2.75, 3.05) is 6.54 Å². The molecule has 0 amide bonds. The average Bonchev–Trinajstić information content (AvgIpc) is 2.38. The molecule has 1 N–H and O–H groups in total. The minimum atomic E-state index is 0.107. The molecule has 0 aliphatic rings. The van der Waals surface area contributed by atoms with E-state index in [2.05, 4.69) is 37.4 Å². The van der Waals surface area contributed by atoms with E-state index in [1.807, 2.05) is 25.1 Å². The summed E-state index contributed by atoms with van der Waals surface area (Å²) in [6, 6.07) is 12.4. The van der Waals surface area contributed by atoms with Gasteiger partial charge in [0.2, 0.25) is 0 Å². The van der Waals surface area contributed by atoms with Gasteiger partial charge in [0.15, 0.2) is 0 Å². The summed E-state index contributed by atoms with van der Waals surface area (Å²) >= 11 is 12.4. The second kappa shape index (κ2) is 6.62. The summed E-state index contributed by atoms with van der Waals surface area (Å²) in [6.07, 6.45) is 0. The molecule has 2 aromatic carbocycles. The lowest BCUT2D eigenvalue weighted by atomic mass is 9.96. The van der Waals surface area contributed by atoms with Crippen molar-refractivity contribution in [3.63, 3.8) is 0 Å². The molecule has 0 saturated carbocycles. The summed E-state index contributed by atoms with van der Waals surface area (Å²) in [4.78, 5) is 0. The second-order valence-corrected chi connectivity index (χ2v) is 5.90. The van der Waals surface area contributed by atoms with Gasteiger partial charge in [-0.25, -0.2) is 0 Å². The van der Waals surface area contributed by atoms with E-state index in [9.17, 15) is 0 Å². The predicted molar refractivity (Wildman–Crippen MR) is 87.9 cm³/mol. The Labute approximate surface area is 130 Å². The maximum Gasteiger partial charge on any atom is 0.0577 e. The Bertz CT molecular complexity index is 588. The van der Waals surface area contributed by atoms with Gasteiger partial charge in [-0.1, -0.05) is 48.3 Å². The third-order valence-corrected chi connectivity index (χ3v) is 3.96. The summed E-state index contributed by atoms with van der Waals surface area (Å²) in [5, 5.41) is 5.06. The largest absolute Gasteiger partial charge is 0.307 e. The lowest BCUT2D eigenvalue weighted by Crippen LogP contribution is -2.22. The molecular formula is C17H19Cl2N. The molecule has 0 aliphatic carbocycles. The Balaban J connectivity index is 2.46. The van der Waals surface area contributed by atoms with Gasteiger partial charge in [0, 0.05) is 10.0 Å². The number of rotatable bonds is 4. The fraction of sp³-hybridized carbons (Fsp3) is 0.294. The van der Waals surface area contributed by atoms with Crippen LogP contribution in [0.25, 0.3) is 0 Å². The summed E-state index contributed by atoms with van der Waals surface area (Å²) in [6.45, 7) is 7.04. The Morgan fingerprint density at radius 2 is 1.75 bits per heavy atom. The van der Waals surface area contributed by atoms with Gasteiger partial charge in [0.25, 0.3) is 0 Å².